The summed E-state index contributed by atoms with van der Waals surface area (Å²) >= 11 is 9.10. The molecule has 0 aliphatic rings. The third-order valence-electron chi connectivity index (χ3n) is 3.11. The van der Waals surface area contributed by atoms with E-state index in [1.54, 1.807) is 24.5 Å². The summed E-state index contributed by atoms with van der Waals surface area (Å²) in [5, 5.41) is 0.0756. The fraction of sp³-hybridized carbons (Fsp3) is 0.214. The number of hydrazine groups is 1. The van der Waals surface area contributed by atoms with Gasteiger partial charge in [-0.05, 0) is 52.5 Å². The molecule has 2 aromatic rings. The molecular weight excluding hydrogens is 345 g/mol. The van der Waals surface area contributed by atoms with E-state index >= 15 is 0 Å². The van der Waals surface area contributed by atoms with Gasteiger partial charge in [-0.3, -0.25) is 16.3 Å². The van der Waals surface area contributed by atoms with Gasteiger partial charge in [0.25, 0.3) is 0 Å². The Morgan fingerprint density at radius 3 is 2.65 bits per heavy atom. The van der Waals surface area contributed by atoms with Gasteiger partial charge in [0.05, 0.1) is 5.02 Å². The number of rotatable bonds is 5. The summed E-state index contributed by atoms with van der Waals surface area (Å²) in [5.74, 6) is 5.10. The lowest BCUT2D eigenvalue weighted by Crippen LogP contribution is -2.29. The Bertz CT molecular complexity index is 580. The van der Waals surface area contributed by atoms with Crippen molar-refractivity contribution in [2.75, 3.05) is 0 Å². The zero-order valence-electron chi connectivity index (χ0n) is 10.6. The van der Waals surface area contributed by atoms with Crippen LogP contribution in [-0.2, 0) is 6.42 Å². The highest BCUT2D eigenvalue weighted by Gasteiger charge is 2.18. The monoisotopic (exact) mass is 357 g/mol. The van der Waals surface area contributed by atoms with Crippen LogP contribution in [0, 0.1) is 5.82 Å². The number of benzene rings is 1. The smallest absolute Gasteiger partial charge is 0.147 e. The van der Waals surface area contributed by atoms with Crippen molar-refractivity contribution in [2.45, 2.75) is 18.9 Å². The van der Waals surface area contributed by atoms with Crippen molar-refractivity contribution in [2.24, 2.45) is 5.84 Å². The Balaban J connectivity index is 2.15. The summed E-state index contributed by atoms with van der Waals surface area (Å²) < 4.78 is 14.7. The summed E-state index contributed by atoms with van der Waals surface area (Å²) in [6.07, 6.45) is 4.90. The van der Waals surface area contributed by atoms with Crippen LogP contribution in [0.25, 0.3) is 0 Å². The molecular formula is C14H14BrClFN3. The minimum Gasteiger partial charge on any atom is -0.271 e. The van der Waals surface area contributed by atoms with Gasteiger partial charge in [0.15, 0.2) is 0 Å². The van der Waals surface area contributed by atoms with E-state index in [2.05, 4.69) is 26.3 Å². The van der Waals surface area contributed by atoms with E-state index in [-0.39, 0.29) is 11.1 Å². The van der Waals surface area contributed by atoms with Gasteiger partial charge < -0.3 is 0 Å². The highest BCUT2D eigenvalue weighted by molar-refractivity contribution is 9.10. The Kier molecular flexibility index (Phi) is 5.48. The summed E-state index contributed by atoms with van der Waals surface area (Å²) in [4.78, 5) is 3.96. The molecule has 0 spiro atoms. The van der Waals surface area contributed by atoms with Gasteiger partial charge in [0, 0.05) is 28.5 Å². The van der Waals surface area contributed by atoms with Crippen molar-refractivity contribution in [3.05, 3.63) is 63.1 Å². The molecule has 0 radical (unpaired) electrons. The fourth-order valence-corrected chi connectivity index (χ4v) is 2.48. The van der Waals surface area contributed by atoms with E-state index in [4.69, 9.17) is 17.4 Å². The molecule has 1 aromatic heterocycles. The normalized spacial score (nSPS) is 12.4. The van der Waals surface area contributed by atoms with Crippen LogP contribution in [0.3, 0.4) is 0 Å². The minimum atomic E-state index is -0.446. The standard InChI is InChI=1S/C14H14BrClFN3/c15-11-3-2-10(14(17)13(11)16)12(20-18)4-1-9-5-7-19-8-6-9/h2-3,5-8,12,20H,1,4,18H2. The number of halogens is 3. The molecule has 0 amide bonds. The largest absolute Gasteiger partial charge is 0.271 e. The Morgan fingerprint density at radius 2 is 2.00 bits per heavy atom. The van der Waals surface area contributed by atoms with E-state index in [0.29, 0.717) is 16.5 Å². The van der Waals surface area contributed by atoms with Crippen molar-refractivity contribution in [1.82, 2.24) is 10.4 Å². The van der Waals surface area contributed by atoms with Crippen molar-refractivity contribution in [3.63, 3.8) is 0 Å². The number of hydrogen-bond donors (Lipinski definition) is 2. The second-order valence-electron chi connectivity index (χ2n) is 4.38. The molecule has 0 aliphatic carbocycles. The molecule has 0 bridgehead atoms. The van der Waals surface area contributed by atoms with Gasteiger partial charge in [-0.15, -0.1) is 0 Å². The second kappa shape index (κ2) is 7.13. The number of aromatic nitrogens is 1. The maximum atomic E-state index is 14.2. The number of hydrogen-bond acceptors (Lipinski definition) is 3. The maximum absolute atomic E-state index is 14.2. The number of pyridine rings is 1. The minimum absolute atomic E-state index is 0.0756. The van der Waals surface area contributed by atoms with Crippen LogP contribution in [-0.4, -0.2) is 4.98 Å². The van der Waals surface area contributed by atoms with E-state index in [1.165, 1.54) is 0 Å². The SMILES string of the molecule is NNC(CCc1ccncc1)c1ccc(Br)c(Cl)c1F. The molecule has 6 heteroatoms. The summed E-state index contributed by atoms with van der Waals surface area (Å²) in [6.45, 7) is 0. The number of nitrogens with one attached hydrogen (secondary N) is 1. The highest BCUT2D eigenvalue weighted by Crippen LogP contribution is 2.31. The molecule has 1 unspecified atom stereocenters. The van der Waals surface area contributed by atoms with Crippen LogP contribution < -0.4 is 11.3 Å². The molecule has 0 saturated carbocycles. The number of aryl methyl sites for hydroxylation is 1. The van der Waals surface area contributed by atoms with Crippen LogP contribution in [0.2, 0.25) is 5.02 Å². The zero-order valence-corrected chi connectivity index (χ0v) is 13.0. The average molecular weight is 359 g/mol. The zero-order chi connectivity index (χ0) is 14.5. The fourth-order valence-electron chi connectivity index (χ4n) is 2.00. The molecule has 3 N–H and O–H groups in total. The number of nitrogens with zero attached hydrogens (tertiary/aromatic N) is 1. The predicted molar refractivity (Wildman–Crippen MR) is 81.7 cm³/mol. The quantitative estimate of drug-likeness (QED) is 0.486. The Labute approximate surface area is 130 Å². The van der Waals surface area contributed by atoms with Crippen LogP contribution in [0.1, 0.15) is 23.6 Å². The highest BCUT2D eigenvalue weighted by atomic mass is 79.9. The molecule has 20 heavy (non-hydrogen) atoms. The maximum Gasteiger partial charge on any atom is 0.147 e. The molecule has 1 atom stereocenters. The first kappa shape index (κ1) is 15.4. The van der Waals surface area contributed by atoms with Crippen molar-refractivity contribution < 1.29 is 4.39 Å². The van der Waals surface area contributed by atoms with Gasteiger partial charge in [-0.1, -0.05) is 17.7 Å². The van der Waals surface area contributed by atoms with Crippen LogP contribution in [0.5, 0.6) is 0 Å². The first-order chi connectivity index (χ1) is 9.63. The average Bonchev–Trinajstić information content (AvgIpc) is 2.48. The van der Waals surface area contributed by atoms with E-state index in [9.17, 15) is 4.39 Å². The predicted octanol–water partition coefficient (Wildman–Crippen LogP) is 3.77. The second-order valence-corrected chi connectivity index (χ2v) is 5.61. The molecule has 0 aliphatic heterocycles. The van der Waals surface area contributed by atoms with Gasteiger partial charge in [0.1, 0.15) is 5.82 Å². The van der Waals surface area contributed by atoms with E-state index in [0.717, 1.165) is 12.0 Å². The van der Waals surface area contributed by atoms with Crippen LogP contribution >= 0.6 is 27.5 Å². The first-order valence-corrected chi connectivity index (χ1v) is 7.29. The van der Waals surface area contributed by atoms with E-state index in [1.807, 2.05) is 12.1 Å². The summed E-state index contributed by atoms with van der Waals surface area (Å²) in [5.41, 5.74) is 4.24. The van der Waals surface area contributed by atoms with Crippen molar-refractivity contribution >= 4 is 27.5 Å². The molecule has 3 nitrogen and oxygen atoms in total. The Hall–Kier alpha value is -1.01. The Morgan fingerprint density at radius 1 is 1.30 bits per heavy atom. The molecule has 2 rings (SSSR count). The van der Waals surface area contributed by atoms with Gasteiger partial charge in [-0.2, -0.15) is 0 Å². The molecule has 106 valence electrons. The van der Waals surface area contributed by atoms with Crippen LogP contribution in [0.15, 0.2) is 41.1 Å². The van der Waals surface area contributed by atoms with Gasteiger partial charge >= 0.3 is 0 Å². The molecule has 1 aromatic carbocycles. The first-order valence-electron chi connectivity index (χ1n) is 6.12. The molecule has 0 fully saturated rings. The topological polar surface area (TPSA) is 50.9 Å². The van der Waals surface area contributed by atoms with Crippen molar-refractivity contribution in [1.29, 1.82) is 0 Å². The van der Waals surface area contributed by atoms with Crippen molar-refractivity contribution in [3.8, 4) is 0 Å². The summed E-state index contributed by atoms with van der Waals surface area (Å²) in [6, 6.07) is 6.96. The number of nitrogens with two attached hydrogens (primary N) is 1. The van der Waals surface area contributed by atoms with Crippen LogP contribution in [0.4, 0.5) is 4.39 Å². The van der Waals surface area contributed by atoms with Gasteiger partial charge in [0.2, 0.25) is 0 Å². The third kappa shape index (κ3) is 3.55. The molecule has 0 saturated heterocycles. The van der Waals surface area contributed by atoms with E-state index < -0.39 is 5.82 Å². The lowest BCUT2D eigenvalue weighted by atomic mass is 9.99. The lowest BCUT2D eigenvalue weighted by molar-refractivity contribution is 0.485. The third-order valence-corrected chi connectivity index (χ3v) is 4.37. The van der Waals surface area contributed by atoms with Gasteiger partial charge in [-0.25, -0.2) is 4.39 Å². The summed E-state index contributed by atoms with van der Waals surface area (Å²) in [7, 11) is 0. The molecule has 1 heterocycles. The lowest BCUT2D eigenvalue weighted by Gasteiger charge is -2.18.